The molecule has 0 aliphatic carbocycles. The molecule has 1 unspecified atom stereocenters. The van der Waals surface area contributed by atoms with E-state index in [0.29, 0.717) is 8.95 Å². The maximum absolute atomic E-state index is 13.9. The molecule has 0 aliphatic heterocycles. The molecule has 0 radical (unpaired) electrons. The number of hydrogen-bond donors (Lipinski definition) is 2. The summed E-state index contributed by atoms with van der Waals surface area (Å²) >= 11 is 9.48. The zero-order valence-corrected chi connectivity index (χ0v) is 14.6. The Bertz CT molecular complexity index is 499. The largest absolute Gasteiger partial charge is 0.506 e. The Labute approximate surface area is 134 Å². The highest BCUT2D eigenvalue weighted by Crippen LogP contribution is 2.42. The summed E-state index contributed by atoms with van der Waals surface area (Å²) in [6.07, 6.45) is -2.02. The van der Waals surface area contributed by atoms with Gasteiger partial charge in [0.05, 0.1) is 21.6 Å². The topological polar surface area (TPSA) is 72.5 Å². The van der Waals surface area contributed by atoms with Gasteiger partial charge in [0.2, 0.25) is 6.17 Å². The Morgan fingerprint density at radius 1 is 1.47 bits per heavy atom. The number of benzene rings is 1. The van der Waals surface area contributed by atoms with E-state index < -0.39 is 18.2 Å². The third-order valence-electron chi connectivity index (χ3n) is 2.34. The number of hydrogen-bond acceptors (Lipinski definition) is 4. The van der Waals surface area contributed by atoms with Crippen LogP contribution in [-0.4, -0.2) is 23.9 Å². The van der Waals surface area contributed by atoms with Gasteiger partial charge in [-0.25, -0.2) is 9.18 Å². The molecule has 2 atom stereocenters. The standard InChI is InChI=1S/C11H11Br3FNO3/c1-2-19-11(18)8(15)9(16)6-4(12)3-5(13)10(17)7(6)14/h3,8-9,17H,2,16H2,1H3/t8?,9-/m1/s1. The Morgan fingerprint density at radius 2 is 2.05 bits per heavy atom. The van der Waals surface area contributed by atoms with E-state index in [4.69, 9.17) is 5.73 Å². The van der Waals surface area contributed by atoms with Crippen molar-refractivity contribution in [3.8, 4) is 5.75 Å². The van der Waals surface area contributed by atoms with Gasteiger partial charge in [0.15, 0.2) is 0 Å². The average Bonchev–Trinajstić information content (AvgIpc) is 2.35. The predicted molar refractivity (Wildman–Crippen MR) is 79.7 cm³/mol. The molecule has 1 aromatic carbocycles. The molecule has 106 valence electrons. The molecule has 0 bridgehead atoms. The molecule has 0 amide bonds. The molecular weight excluding hydrogens is 453 g/mol. The minimum Gasteiger partial charge on any atom is -0.506 e. The zero-order chi connectivity index (χ0) is 14.7. The molecule has 0 aromatic heterocycles. The van der Waals surface area contributed by atoms with Crippen LogP contribution in [0.3, 0.4) is 0 Å². The minimum absolute atomic E-state index is 0.0693. The lowest BCUT2D eigenvalue weighted by Gasteiger charge is -2.19. The molecule has 3 N–H and O–H groups in total. The van der Waals surface area contributed by atoms with Crippen LogP contribution in [0.25, 0.3) is 0 Å². The fourth-order valence-electron chi connectivity index (χ4n) is 1.41. The number of ether oxygens (including phenoxy) is 1. The molecule has 0 spiro atoms. The summed E-state index contributed by atoms with van der Waals surface area (Å²) in [5.41, 5.74) is 5.98. The van der Waals surface area contributed by atoms with E-state index in [-0.39, 0.29) is 22.4 Å². The van der Waals surface area contributed by atoms with E-state index in [1.54, 1.807) is 6.92 Å². The summed E-state index contributed by atoms with van der Waals surface area (Å²) in [7, 11) is 0. The third-order valence-corrected chi connectivity index (χ3v) is 4.41. The van der Waals surface area contributed by atoms with Crippen molar-refractivity contribution in [2.45, 2.75) is 19.1 Å². The zero-order valence-electron chi connectivity index (χ0n) is 9.79. The lowest BCUT2D eigenvalue weighted by molar-refractivity contribution is -0.149. The molecule has 19 heavy (non-hydrogen) atoms. The number of nitrogens with two attached hydrogens (primary N) is 1. The molecule has 8 heteroatoms. The number of esters is 1. The first-order chi connectivity index (χ1) is 8.81. The van der Waals surface area contributed by atoms with Crippen molar-refractivity contribution in [3.05, 3.63) is 25.0 Å². The summed E-state index contributed by atoms with van der Waals surface area (Å²) in [6, 6.07) is 0.259. The fourth-order valence-corrected chi connectivity index (χ4v) is 4.06. The van der Waals surface area contributed by atoms with Crippen LogP contribution < -0.4 is 5.73 Å². The summed E-state index contributed by atoms with van der Waals surface area (Å²) < 4.78 is 19.6. The molecule has 0 saturated carbocycles. The van der Waals surface area contributed by atoms with Gasteiger partial charge >= 0.3 is 5.97 Å². The molecule has 0 fully saturated rings. The van der Waals surface area contributed by atoms with E-state index in [2.05, 4.69) is 52.5 Å². The molecule has 0 heterocycles. The van der Waals surface area contributed by atoms with Gasteiger partial charge in [0.1, 0.15) is 5.75 Å². The van der Waals surface area contributed by atoms with Crippen molar-refractivity contribution in [2.24, 2.45) is 5.73 Å². The molecule has 4 nitrogen and oxygen atoms in total. The maximum Gasteiger partial charge on any atom is 0.342 e. The molecular formula is C11H11Br3FNO3. The molecule has 1 aromatic rings. The van der Waals surface area contributed by atoms with E-state index in [0.717, 1.165) is 0 Å². The van der Waals surface area contributed by atoms with Crippen molar-refractivity contribution < 1.29 is 19.0 Å². The summed E-state index contributed by atoms with van der Waals surface area (Å²) in [5, 5.41) is 9.78. The van der Waals surface area contributed by atoms with Crippen molar-refractivity contribution in [1.29, 1.82) is 0 Å². The van der Waals surface area contributed by atoms with Gasteiger partial charge < -0.3 is 15.6 Å². The third kappa shape index (κ3) is 3.68. The minimum atomic E-state index is -2.02. The molecule has 1 rings (SSSR count). The van der Waals surface area contributed by atoms with Crippen LogP contribution in [0.4, 0.5) is 4.39 Å². The molecule has 0 aliphatic rings. The van der Waals surface area contributed by atoms with E-state index in [9.17, 15) is 14.3 Å². The summed E-state index contributed by atoms with van der Waals surface area (Å²) in [6.45, 7) is 1.65. The Morgan fingerprint density at radius 3 is 2.58 bits per heavy atom. The first-order valence-corrected chi connectivity index (χ1v) is 7.61. The quantitative estimate of drug-likeness (QED) is 0.669. The van der Waals surface area contributed by atoms with Crippen LogP contribution in [0.5, 0.6) is 5.75 Å². The highest BCUT2D eigenvalue weighted by molar-refractivity contribution is 9.11. The number of alkyl halides is 1. The van der Waals surface area contributed by atoms with Crippen LogP contribution in [0.15, 0.2) is 19.5 Å². The second-order valence-corrected chi connectivity index (χ2v) is 6.10. The van der Waals surface area contributed by atoms with Crippen LogP contribution in [-0.2, 0) is 9.53 Å². The van der Waals surface area contributed by atoms with Crippen LogP contribution in [0, 0.1) is 0 Å². The normalized spacial score (nSPS) is 14.0. The number of phenols is 1. The number of halogens is 4. The number of rotatable bonds is 4. The van der Waals surface area contributed by atoms with E-state index in [1.165, 1.54) is 6.07 Å². The van der Waals surface area contributed by atoms with Crippen LogP contribution in [0.2, 0.25) is 0 Å². The summed E-state index contributed by atoms with van der Waals surface area (Å²) in [4.78, 5) is 11.4. The monoisotopic (exact) mass is 461 g/mol. The van der Waals surface area contributed by atoms with Gasteiger partial charge in [-0.1, -0.05) is 15.9 Å². The van der Waals surface area contributed by atoms with Gasteiger partial charge in [-0.05, 0) is 44.8 Å². The number of phenolic OH excluding ortho intramolecular Hbond substituents is 1. The van der Waals surface area contributed by atoms with Gasteiger partial charge in [0, 0.05) is 10.0 Å². The molecule has 0 saturated heterocycles. The number of carbonyl (C=O) groups is 1. The van der Waals surface area contributed by atoms with Crippen LogP contribution >= 0.6 is 47.8 Å². The number of aromatic hydroxyl groups is 1. The lowest BCUT2D eigenvalue weighted by Crippen LogP contribution is -2.32. The van der Waals surface area contributed by atoms with Gasteiger partial charge in [-0.15, -0.1) is 0 Å². The van der Waals surface area contributed by atoms with Crippen molar-refractivity contribution in [1.82, 2.24) is 0 Å². The summed E-state index contributed by atoms with van der Waals surface area (Å²) in [5.74, 6) is -1.15. The van der Waals surface area contributed by atoms with Gasteiger partial charge in [0.25, 0.3) is 0 Å². The SMILES string of the molecule is CCOC(=O)C(F)[C@H](N)c1c(Br)cc(Br)c(O)c1Br. The first kappa shape index (κ1) is 16.9. The Kier molecular flexibility index (Phi) is 6.22. The predicted octanol–water partition coefficient (Wildman–Crippen LogP) is 3.58. The van der Waals surface area contributed by atoms with Crippen molar-refractivity contribution in [3.63, 3.8) is 0 Å². The average molecular weight is 464 g/mol. The number of carbonyl (C=O) groups excluding carboxylic acids is 1. The Balaban J connectivity index is 3.16. The van der Waals surface area contributed by atoms with E-state index >= 15 is 0 Å². The first-order valence-electron chi connectivity index (χ1n) is 5.23. The smallest absolute Gasteiger partial charge is 0.342 e. The lowest BCUT2D eigenvalue weighted by atomic mass is 10.0. The highest BCUT2D eigenvalue weighted by Gasteiger charge is 2.31. The fraction of sp³-hybridized carbons (Fsp3) is 0.364. The van der Waals surface area contributed by atoms with Gasteiger partial charge in [-0.3, -0.25) is 0 Å². The van der Waals surface area contributed by atoms with Crippen LogP contribution in [0.1, 0.15) is 18.5 Å². The Hall–Kier alpha value is -0.180. The maximum atomic E-state index is 13.9. The van der Waals surface area contributed by atoms with E-state index in [1.807, 2.05) is 0 Å². The van der Waals surface area contributed by atoms with Crippen molar-refractivity contribution in [2.75, 3.05) is 6.61 Å². The van der Waals surface area contributed by atoms with Crippen molar-refractivity contribution >= 4 is 53.8 Å². The van der Waals surface area contributed by atoms with Gasteiger partial charge in [-0.2, -0.15) is 0 Å². The second-order valence-electron chi connectivity index (χ2n) is 3.60. The second kappa shape index (κ2) is 7.01. The highest BCUT2D eigenvalue weighted by atomic mass is 79.9.